The van der Waals surface area contributed by atoms with Crippen molar-refractivity contribution in [1.29, 1.82) is 0 Å². The average Bonchev–Trinajstić information content (AvgIpc) is 2.73. The van der Waals surface area contributed by atoms with Crippen LogP contribution in [0.5, 0.6) is 0 Å². The predicted molar refractivity (Wildman–Crippen MR) is 66.4 cm³/mol. The second-order valence-electron chi connectivity index (χ2n) is 4.83. The van der Waals surface area contributed by atoms with E-state index >= 15 is 0 Å². The normalized spacial score (nSPS) is 26.2. The van der Waals surface area contributed by atoms with Gasteiger partial charge in [0.05, 0.1) is 13.2 Å². The van der Waals surface area contributed by atoms with Gasteiger partial charge in [0.1, 0.15) is 0 Å². The lowest BCUT2D eigenvalue weighted by Crippen LogP contribution is -2.41. The molecule has 0 aromatic rings. The Morgan fingerprint density at radius 1 is 0.947 bits per heavy atom. The van der Waals surface area contributed by atoms with Gasteiger partial charge < -0.3 is 20.4 Å². The van der Waals surface area contributed by atoms with Gasteiger partial charge in [0, 0.05) is 23.0 Å². The summed E-state index contributed by atoms with van der Waals surface area (Å²) in [5, 5.41) is 36.6. The highest BCUT2D eigenvalue weighted by Gasteiger charge is 2.51. The Balaban J connectivity index is 3.24. The molecule has 0 saturated heterocycles. The van der Waals surface area contributed by atoms with E-state index in [4.69, 9.17) is 10.2 Å². The summed E-state index contributed by atoms with van der Waals surface area (Å²) in [7, 11) is 0. The molecule has 4 N–H and O–H groups in total. The van der Waals surface area contributed by atoms with Crippen LogP contribution in [0.15, 0.2) is 24.3 Å². The van der Waals surface area contributed by atoms with Gasteiger partial charge in [0.2, 0.25) is 0 Å². The standard InChI is InChI=1S/C13H18O6/c14-8-13(9-15)5-1-4-12(13,6-2-10(16)17)7-3-11(18)19/h2-3,6-7,14-15H,1,4-5,8-9H2,(H,16,17)(H,18,19). The molecule has 1 aliphatic rings. The van der Waals surface area contributed by atoms with Crippen molar-refractivity contribution in [3.8, 4) is 0 Å². The SMILES string of the molecule is O=C(O)C=CC1(C=CC(=O)O)CCCC1(CO)CO. The molecule has 1 rings (SSSR count). The molecule has 0 aromatic carbocycles. The molecule has 0 aliphatic heterocycles. The Kier molecular flexibility index (Phi) is 4.85. The highest BCUT2D eigenvalue weighted by atomic mass is 16.4. The molecule has 1 aliphatic carbocycles. The fraction of sp³-hybridized carbons (Fsp3) is 0.538. The van der Waals surface area contributed by atoms with Gasteiger partial charge in [0.15, 0.2) is 0 Å². The minimum Gasteiger partial charge on any atom is -0.478 e. The Labute approximate surface area is 110 Å². The van der Waals surface area contributed by atoms with Crippen molar-refractivity contribution >= 4 is 11.9 Å². The lowest BCUT2D eigenvalue weighted by atomic mass is 9.66. The van der Waals surface area contributed by atoms with Crippen molar-refractivity contribution in [3.63, 3.8) is 0 Å². The van der Waals surface area contributed by atoms with Crippen molar-refractivity contribution in [2.24, 2.45) is 10.8 Å². The zero-order chi connectivity index (χ0) is 14.5. The number of carboxylic acid groups (broad SMARTS) is 2. The van der Waals surface area contributed by atoms with Gasteiger partial charge in [-0.25, -0.2) is 9.59 Å². The quantitative estimate of drug-likeness (QED) is 0.520. The molecule has 0 radical (unpaired) electrons. The number of carbonyl (C=O) groups is 2. The predicted octanol–water partition coefficient (Wildman–Crippen LogP) is 0.409. The zero-order valence-electron chi connectivity index (χ0n) is 10.5. The van der Waals surface area contributed by atoms with Crippen molar-refractivity contribution in [2.75, 3.05) is 13.2 Å². The van der Waals surface area contributed by atoms with Gasteiger partial charge >= 0.3 is 11.9 Å². The number of aliphatic hydroxyl groups excluding tert-OH is 2. The van der Waals surface area contributed by atoms with E-state index in [1.165, 1.54) is 12.2 Å². The molecule has 1 fully saturated rings. The van der Waals surface area contributed by atoms with Crippen molar-refractivity contribution in [1.82, 2.24) is 0 Å². The number of hydrogen-bond acceptors (Lipinski definition) is 4. The maximum Gasteiger partial charge on any atom is 0.328 e. The van der Waals surface area contributed by atoms with Crippen LogP contribution in [0.3, 0.4) is 0 Å². The number of allylic oxidation sites excluding steroid dienone is 2. The summed E-state index contributed by atoms with van der Waals surface area (Å²) in [6, 6.07) is 0. The first-order chi connectivity index (χ1) is 8.91. The summed E-state index contributed by atoms with van der Waals surface area (Å²) in [5.41, 5.74) is -1.88. The number of hydrogen-bond donors (Lipinski definition) is 4. The third-order valence-corrected chi connectivity index (χ3v) is 3.89. The molecular weight excluding hydrogens is 252 g/mol. The largest absolute Gasteiger partial charge is 0.478 e. The summed E-state index contributed by atoms with van der Waals surface area (Å²) in [6.07, 6.45) is 6.27. The third kappa shape index (κ3) is 3.02. The highest BCUT2D eigenvalue weighted by Crippen LogP contribution is 2.54. The number of rotatable bonds is 6. The molecular formula is C13H18O6. The number of aliphatic carboxylic acids is 2. The monoisotopic (exact) mass is 270 g/mol. The van der Waals surface area contributed by atoms with Gasteiger partial charge in [-0.1, -0.05) is 18.6 Å². The molecule has 106 valence electrons. The van der Waals surface area contributed by atoms with E-state index in [9.17, 15) is 19.8 Å². The second-order valence-corrected chi connectivity index (χ2v) is 4.83. The van der Waals surface area contributed by atoms with Gasteiger partial charge in [-0.05, 0) is 12.8 Å². The summed E-state index contributed by atoms with van der Waals surface area (Å²) < 4.78 is 0. The van der Waals surface area contributed by atoms with E-state index in [1.807, 2.05) is 0 Å². The van der Waals surface area contributed by atoms with Crippen LogP contribution in [0, 0.1) is 10.8 Å². The van der Waals surface area contributed by atoms with Crippen molar-refractivity contribution in [3.05, 3.63) is 24.3 Å². The molecule has 0 amide bonds. The van der Waals surface area contributed by atoms with Gasteiger partial charge in [0.25, 0.3) is 0 Å². The molecule has 0 unspecified atom stereocenters. The second kappa shape index (κ2) is 5.99. The van der Waals surface area contributed by atoms with Crippen LogP contribution in [-0.2, 0) is 9.59 Å². The van der Waals surface area contributed by atoms with Crippen molar-refractivity contribution < 1.29 is 30.0 Å². The molecule has 1 saturated carbocycles. The van der Waals surface area contributed by atoms with E-state index in [0.717, 1.165) is 12.2 Å². The van der Waals surface area contributed by atoms with Crippen LogP contribution in [0.2, 0.25) is 0 Å². The van der Waals surface area contributed by atoms with Crippen LogP contribution in [-0.4, -0.2) is 45.6 Å². The van der Waals surface area contributed by atoms with Gasteiger partial charge in [-0.15, -0.1) is 0 Å². The van der Waals surface area contributed by atoms with E-state index in [2.05, 4.69) is 0 Å². The summed E-state index contributed by atoms with van der Waals surface area (Å²) in [4.78, 5) is 21.3. The fourth-order valence-corrected chi connectivity index (χ4v) is 2.74. The van der Waals surface area contributed by atoms with E-state index in [1.54, 1.807) is 0 Å². The fourth-order valence-electron chi connectivity index (χ4n) is 2.74. The van der Waals surface area contributed by atoms with Crippen LogP contribution in [0.4, 0.5) is 0 Å². The van der Waals surface area contributed by atoms with Gasteiger partial charge in [-0.2, -0.15) is 0 Å². The van der Waals surface area contributed by atoms with Crippen LogP contribution in [0.25, 0.3) is 0 Å². The lowest BCUT2D eigenvalue weighted by Gasteiger charge is -2.40. The summed E-state index contributed by atoms with van der Waals surface area (Å²) in [5.74, 6) is -2.31. The molecule has 6 heteroatoms. The minimum atomic E-state index is -1.15. The zero-order valence-corrected chi connectivity index (χ0v) is 10.5. The third-order valence-electron chi connectivity index (χ3n) is 3.89. The smallest absolute Gasteiger partial charge is 0.328 e. The Morgan fingerprint density at radius 2 is 1.42 bits per heavy atom. The topological polar surface area (TPSA) is 115 Å². The number of carboxylic acids is 2. The highest BCUT2D eigenvalue weighted by molar-refractivity contribution is 5.81. The molecule has 0 spiro atoms. The van der Waals surface area contributed by atoms with E-state index < -0.39 is 22.8 Å². The first-order valence-electron chi connectivity index (χ1n) is 5.97. The van der Waals surface area contributed by atoms with E-state index in [0.29, 0.717) is 19.3 Å². The first kappa shape index (κ1) is 15.4. The molecule has 0 bridgehead atoms. The average molecular weight is 270 g/mol. The Bertz CT molecular complexity index is 381. The molecule has 19 heavy (non-hydrogen) atoms. The molecule has 0 heterocycles. The van der Waals surface area contributed by atoms with Crippen LogP contribution in [0.1, 0.15) is 19.3 Å². The number of aliphatic hydroxyl groups is 2. The summed E-state index contributed by atoms with van der Waals surface area (Å²) >= 11 is 0. The molecule has 6 nitrogen and oxygen atoms in total. The Hall–Kier alpha value is -1.66. The summed E-state index contributed by atoms with van der Waals surface area (Å²) in [6.45, 7) is -0.672. The first-order valence-corrected chi connectivity index (χ1v) is 5.97. The van der Waals surface area contributed by atoms with E-state index in [-0.39, 0.29) is 13.2 Å². The van der Waals surface area contributed by atoms with Crippen molar-refractivity contribution in [2.45, 2.75) is 19.3 Å². The molecule has 0 atom stereocenters. The van der Waals surface area contributed by atoms with Gasteiger partial charge in [-0.3, -0.25) is 0 Å². The van der Waals surface area contributed by atoms with Crippen LogP contribution >= 0.6 is 0 Å². The maximum atomic E-state index is 10.7. The maximum absolute atomic E-state index is 10.7. The lowest BCUT2D eigenvalue weighted by molar-refractivity contribution is -0.132. The van der Waals surface area contributed by atoms with Crippen LogP contribution < -0.4 is 0 Å². The minimum absolute atomic E-state index is 0.336. The molecule has 0 aromatic heterocycles. The Morgan fingerprint density at radius 3 is 1.79 bits per heavy atom.